The van der Waals surface area contributed by atoms with E-state index in [1.165, 1.54) is 6.07 Å². The first-order valence-corrected chi connectivity index (χ1v) is 7.88. The van der Waals surface area contributed by atoms with E-state index in [1.807, 2.05) is 0 Å². The summed E-state index contributed by atoms with van der Waals surface area (Å²) in [6, 6.07) is 4.83. The molecule has 2 unspecified atom stereocenters. The number of nitriles is 1. The molecule has 0 aromatic heterocycles. The fourth-order valence-corrected chi connectivity index (χ4v) is 3.92. The Morgan fingerprint density at radius 3 is 2.80 bits per heavy atom. The molecule has 1 aliphatic carbocycles. The van der Waals surface area contributed by atoms with Crippen molar-refractivity contribution >= 4 is 10.0 Å². The van der Waals surface area contributed by atoms with Crippen LogP contribution < -0.4 is 10.5 Å². The van der Waals surface area contributed by atoms with Crippen molar-refractivity contribution in [3.8, 4) is 6.07 Å². The predicted octanol–water partition coefficient (Wildman–Crippen LogP) is 1.10. The SMILES string of the molecule is N#Cc1ccc(S(=O)(=O)NC2CCCC2CN)c(F)c1. The largest absolute Gasteiger partial charge is 0.330 e. The van der Waals surface area contributed by atoms with Crippen molar-refractivity contribution in [3.63, 3.8) is 0 Å². The summed E-state index contributed by atoms with van der Waals surface area (Å²) in [5, 5.41) is 8.66. The third-order valence-electron chi connectivity index (χ3n) is 3.62. The lowest BCUT2D eigenvalue weighted by atomic mass is 10.1. The Morgan fingerprint density at radius 2 is 2.20 bits per heavy atom. The number of rotatable bonds is 4. The molecule has 0 amide bonds. The summed E-state index contributed by atoms with van der Waals surface area (Å²) in [5.41, 5.74) is 5.69. The summed E-state index contributed by atoms with van der Waals surface area (Å²) in [6.07, 6.45) is 2.49. The molecule has 3 N–H and O–H groups in total. The average molecular weight is 297 g/mol. The highest BCUT2D eigenvalue weighted by atomic mass is 32.2. The van der Waals surface area contributed by atoms with E-state index < -0.39 is 20.7 Å². The number of hydrogen-bond acceptors (Lipinski definition) is 4. The van der Waals surface area contributed by atoms with Crippen molar-refractivity contribution in [2.24, 2.45) is 11.7 Å². The summed E-state index contributed by atoms with van der Waals surface area (Å²) in [7, 11) is -3.93. The standard InChI is InChI=1S/C13H16FN3O2S/c14-11-6-9(7-15)4-5-13(11)20(18,19)17-12-3-1-2-10(12)8-16/h4-6,10,12,17H,1-3,8,16H2. The molecule has 1 aromatic rings. The number of nitrogens with two attached hydrogens (primary N) is 1. The van der Waals surface area contributed by atoms with Crippen LogP contribution in [0.2, 0.25) is 0 Å². The fraction of sp³-hybridized carbons (Fsp3) is 0.462. The summed E-state index contributed by atoms with van der Waals surface area (Å²) in [4.78, 5) is -0.431. The van der Waals surface area contributed by atoms with Crippen LogP contribution in [0.25, 0.3) is 0 Å². The Bertz CT molecular complexity index is 640. The Morgan fingerprint density at radius 1 is 1.45 bits per heavy atom. The quantitative estimate of drug-likeness (QED) is 0.870. The number of sulfonamides is 1. The number of halogens is 1. The summed E-state index contributed by atoms with van der Waals surface area (Å²) >= 11 is 0. The maximum absolute atomic E-state index is 13.8. The van der Waals surface area contributed by atoms with E-state index in [0.29, 0.717) is 13.0 Å². The van der Waals surface area contributed by atoms with E-state index in [9.17, 15) is 12.8 Å². The van der Waals surface area contributed by atoms with Gasteiger partial charge < -0.3 is 5.73 Å². The van der Waals surface area contributed by atoms with Crippen molar-refractivity contribution in [3.05, 3.63) is 29.6 Å². The molecular formula is C13H16FN3O2S. The lowest BCUT2D eigenvalue weighted by Crippen LogP contribution is -2.40. The second-order valence-corrected chi connectivity index (χ2v) is 6.59. The zero-order valence-electron chi connectivity index (χ0n) is 10.8. The maximum atomic E-state index is 13.8. The third-order valence-corrected chi connectivity index (χ3v) is 5.14. The Kier molecular flexibility index (Phi) is 4.38. The van der Waals surface area contributed by atoms with Gasteiger partial charge in [0.25, 0.3) is 0 Å². The fourth-order valence-electron chi connectivity index (χ4n) is 2.53. The van der Waals surface area contributed by atoms with Crippen LogP contribution in [0.15, 0.2) is 23.1 Å². The van der Waals surface area contributed by atoms with Gasteiger partial charge in [0.1, 0.15) is 10.7 Å². The van der Waals surface area contributed by atoms with Crippen molar-refractivity contribution in [1.82, 2.24) is 4.72 Å². The van der Waals surface area contributed by atoms with Crippen molar-refractivity contribution in [2.45, 2.75) is 30.2 Å². The molecule has 108 valence electrons. The molecule has 7 heteroatoms. The average Bonchev–Trinajstić information content (AvgIpc) is 2.84. The Hall–Kier alpha value is -1.49. The second-order valence-electron chi connectivity index (χ2n) is 4.91. The summed E-state index contributed by atoms with van der Waals surface area (Å²) < 4.78 is 40.7. The van der Waals surface area contributed by atoms with E-state index in [1.54, 1.807) is 6.07 Å². The molecule has 0 bridgehead atoms. The van der Waals surface area contributed by atoms with Crippen LogP contribution in [0.5, 0.6) is 0 Å². The van der Waals surface area contributed by atoms with Crippen LogP contribution >= 0.6 is 0 Å². The highest BCUT2D eigenvalue weighted by Crippen LogP contribution is 2.26. The third kappa shape index (κ3) is 2.98. The molecule has 1 aliphatic rings. The van der Waals surface area contributed by atoms with Gasteiger partial charge in [0.2, 0.25) is 10.0 Å². The van der Waals surface area contributed by atoms with E-state index in [-0.39, 0.29) is 17.5 Å². The first kappa shape index (κ1) is 14.9. The van der Waals surface area contributed by atoms with Gasteiger partial charge in [-0.1, -0.05) is 6.42 Å². The molecule has 1 fully saturated rings. The number of benzene rings is 1. The lowest BCUT2D eigenvalue weighted by Gasteiger charge is -2.19. The van der Waals surface area contributed by atoms with Crippen LogP contribution in [-0.2, 0) is 10.0 Å². The first-order chi connectivity index (χ1) is 9.47. The highest BCUT2D eigenvalue weighted by Gasteiger charge is 2.31. The number of nitrogens with one attached hydrogen (secondary N) is 1. The van der Waals surface area contributed by atoms with Crippen LogP contribution in [0.1, 0.15) is 24.8 Å². The molecule has 20 heavy (non-hydrogen) atoms. The highest BCUT2D eigenvalue weighted by molar-refractivity contribution is 7.89. The molecule has 0 spiro atoms. The van der Waals surface area contributed by atoms with Crippen molar-refractivity contribution in [1.29, 1.82) is 5.26 Å². The molecule has 1 saturated carbocycles. The van der Waals surface area contributed by atoms with Gasteiger partial charge in [0.05, 0.1) is 11.6 Å². The molecule has 0 saturated heterocycles. The van der Waals surface area contributed by atoms with Gasteiger partial charge in [-0.2, -0.15) is 5.26 Å². The molecule has 5 nitrogen and oxygen atoms in total. The maximum Gasteiger partial charge on any atom is 0.243 e. The molecule has 0 heterocycles. The van der Waals surface area contributed by atoms with Crippen LogP contribution in [0, 0.1) is 23.1 Å². The van der Waals surface area contributed by atoms with Crippen molar-refractivity contribution < 1.29 is 12.8 Å². The molecule has 2 rings (SSSR count). The van der Waals surface area contributed by atoms with Crippen LogP contribution in [0.4, 0.5) is 4.39 Å². The van der Waals surface area contributed by atoms with E-state index >= 15 is 0 Å². The second kappa shape index (κ2) is 5.87. The van der Waals surface area contributed by atoms with Crippen LogP contribution in [0.3, 0.4) is 0 Å². The van der Waals surface area contributed by atoms with E-state index in [2.05, 4.69) is 4.72 Å². The Balaban J connectivity index is 2.25. The summed E-state index contributed by atoms with van der Waals surface area (Å²) in [6.45, 7) is 0.406. The van der Waals surface area contributed by atoms with Gasteiger partial charge in [-0.25, -0.2) is 17.5 Å². The zero-order valence-corrected chi connectivity index (χ0v) is 11.7. The van der Waals surface area contributed by atoms with Gasteiger partial charge in [0.15, 0.2) is 0 Å². The molecule has 0 aliphatic heterocycles. The molecule has 0 radical (unpaired) electrons. The monoisotopic (exact) mass is 297 g/mol. The zero-order chi connectivity index (χ0) is 14.8. The summed E-state index contributed by atoms with van der Waals surface area (Å²) in [5.74, 6) is -0.829. The number of nitrogens with zero attached hydrogens (tertiary/aromatic N) is 1. The lowest BCUT2D eigenvalue weighted by molar-refractivity contribution is 0.451. The minimum absolute atomic E-state index is 0.0853. The van der Waals surface area contributed by atoms with Gasteiger partial charge in [0, 0.05) is 6.04 Å². The minimum atomic E-state index is -3.93. The van der Waals surface area contributed by atoms with E-state index in [0.717, 1.165) is 25.0 Å². The molecular weight excluding hydrogens is 281 g/mol. The van der Waals surface area contributed by atoms with E-state index in [4.69, 9.17) is 11.0 Å². The molecule has 1 aromatic carbocycles. The van der Waals surface area contributed by atoms with Gasteiger partial charge in [-0.15, -0.1) is 0 Å². The predicted molar refractivity (Wildman–Crippen MR) is 71.6 cm³/mol. The van der Waals surface area contributed by atoms with Crippen molar-refractivity contribution in [2.75, 3.05) is 6.54 Å². The minimum Gasteiger partial charge on any atom is -0.330 e. The normalized spacial score (nSPS) is 22.6. The van der Waals surface area contributed by atoms with Gasteiger partial charge in [-0.05, 0) is 43.5 Å². The van der Waals surface area contributed by atoms with Gasteiger partial charge in [-0.3, -0.25) is 0 Å². The number of hydrogen-bond donors (Lipinski definition) is 2. The molecule has 2 atom stereocenters. The first-order valence-electron chi connectivity index (χ1n) is 6.40. The van der Waals surface area contributed by atoms with Crippen LogP contribution in [-0.4, -0.2) is 21.0 Å². The Labute approximate surface area is 117 Å². The van der Waals surface area contributed by atoms with Gasteiger partial charge >= 0.3 is 0 Å². The smallest absolute Gasteiger partial charge is 0.243 e. The topological polar surface area (TPSA) is 96.0 Å².